The lowest BCUT2D eigenvalue weighted by Gasteiger charge is -1.95. The molecule has 0 fully saturated rings. The van der Waals surface area contributed by atoms with Crippen LogP contribution in [0.2, 0.25) is 8.67 Å². The third kappa shape index (κ3) is 3.08. The Hall–Kier alpha value is -0.350. The Balaban J connectivity index is 1.93. The van der Waals surface area contributed by atoms with Gasteiger partial charge in [-0.2, -0.15) is 0 Å². The molecule has 2 rings (SSSR count). The molecule has 0 bridgehead atoms. The van der Waals surface area contributed by atoms with E-state index in [1.807, 2.05) is 12.1 Å². The van der Waals surface area contributed by atoms with Gasteiger partial charge < -0.3 is 0 Å². The number of thiophene rings is 2. The summed E-state index contributed by atoms with van der Waals surface area (Å²) < 4.78 is 1.42. The molecule has 0 aliphatic carbocycles. The predicted molar refractivity (Wildman–Crippen MR) is 71.3 cm³/mol. The quantitative estimate of drug-likeness (QED) is 0.730. The monoisotopic (exact) mass is 290 g/mol. The fraction of sp³-hybridized carbons (Fsp3) is 0.182. The highest BCUT2D eigenvalue weighted by Crippen LogP contribution is 2.25. The summed E-state index contributed by atoms with van der Waals surface area (Å²) in [4.78, 5) is 13.6. The van der Waals surface area contributed by atoms with Gasteiger partial charge in [0.1, 0.15) is 0 Å². The van der Waals surface area contributed by atoms with Gasteiger partial charge in [-0.1, -0.05) is 23.2 Å². The molecule has 0 atom stereocenters. The van der Waals surface area contributed by atoms with Crippen LogP contribution >= 0.6 is 45.9 Å². The minimum atomic E-state index is 0.140. The molecule has 2 heterocycles. The SMILES string of the molecule is O=C(CCc1ccc(Cl)s1)c1ccc(Cl)s1. The van der Waals surface area contributed by atoms with Crippen molar-refractivity contribution in [2.24, 2.45) is 0 Å². The first-order valence-corrected chi connectivity index (χ1v) is 7.07. The zero-order chi connectivity index (χ0) is 11.5. The largest absolute Gasteiger partial charge is 0.293 e. The van der Waals surface area contributed by atoms with Crippen molar-refractivity contribution in [3.8, 4) is 0 Å². The standard InChI is InChI=1S/C11H8Cl2OS2/c12-10-5-2-7(15-10)1-3-8(14)9-4-6-11(13)16-9/h2,4-6H,1,3H2. The molecule has 0 aliphatic rings. The molecular formula is C11H8Cl2OS2. The molecule has 84 valence electrons. The van der Waals surface area contributed by atoms with Crippen LogP contribution in [0.3, 0.4) is 0 Å². The third-order valence-corrected chi connectivity index (χ3v) is 4.64. The van der Waals surface area contributed by atoms with E-state index in [1.54, 1.807) is 12.1 Å². The van der Waals surface area contributed by atoms with Crippen molar-refractivity contribution >= 4 is 51.7 Å². The van der Waals surface area contributed by atoms with Gasteiger partial charge in [0, 0.05) is 11.3 Å². The first kappa shape index (κ1) is 12.1. The number of hydrogen-bond acceptors (Lipinski definition) is 3. The Morgan fingerprint density at radius 3 is 2.31 bits per heavy atom. The zero-order valence-electron chi connectivity index (χ0n) is 8.20. The topological polar surface area (TPSA) is 17.1 Å². The van der Waals surface area contributed by atoms with Gasteiger partial charge >= 0.3 is 0 Å². The van der Waals surface area contributed by atoms with Gasteiger partial charge in [0.2, 0.25) is 0 Å². The van der Waals surface area contributed by atoms with Crippen molar-refractivity contribution in [1.29, 1.82) is 0 Å². The molecule has 16 heavy (non-hydrogen) atoms. The van der Waals surface area contributed by atoms with E-state index in [0.29, 0.717) is 10.8 Å². The minimum Gasteiger partial charge on any atom is -0.293 e. The van der Waals surface area contributed by atoms with Gasteiger partial charge in [0.25, 0.3) is 0 Å². The summed E-state index contributed by atoms with van der Waals surface area (Å²) in [5.41, 5.74) is 0. The van der Waals surface area contributed by atoms with Crippen LogP contribution in [-0.4, -0.2) is 5.78 Å². The van der Waals surface area contributed by atoms with Crippen LogP contribution in [0, 0.1) is 0 Å². The van der Waals surface area contributed by atoms with Crippen LogP contribution in [0.5, 0.6) is 0 Å². The van der Waals surface area contributed by atoms with Gasteiger partial charge in [0.15, 0.2) is 5.78 Å². The fourth-order valence-electron chi connectivity index (χ4n) is 1.31. The highest BCUT2D eigenvalue weighted by Gasteiger charge is 2.09. The number of halogens is 2. The summed E-state index contributed by atoms with van der Waals surface area (Å²) in [6, 6.07) is 7.34. The van der Waals surface area contributed by atoms with Crippen molar-refractivity contribution in [3.63, 3.8) is 0 Å². The minimum absolute atomic E-state index is 0.140. The van der Waals surface area contributed by atoms with Crippen molar-refractivity contribution < 1.29 is 4.79 Å². The van der Waals surface area contributed by atoms with Crippen LogP contribution in [0.25, 0.3) is 0 Å². The lowest BCUT2D eigenvalue weighted by Crippen LogP contribution is -1.97. The van der Waals surface area contributed by atoms with E-state index < -0.39 is 0 Å². The number of carbonyl (C=O) groups is 1. The summed E-state index contributed by atoms with van der Waals surface area (Å²) >= 11 is 14.4. The molecule has 1 nitrogen and oxygen atoms in total. The second-order valence-electron chi connectivity index (χ2n) is 3.23. The Labute approximate surface area is 112 Å². The predicted octanol–water partition coefficient (Wildman–Crippen LogP) is 4.93. The summed E-state index contributed by atoms with van der Waals surface area (Å²) in [6.07, 6.45) is 1.25. The van der Waals surface area contributed by atoms with Crippen LogP contribution in [0.4, 0.5) is 0 Å². The highest BCUT2D eigenvalue weighted by atomic mass is 35.5. The van der Waals surface area contributed by atoms with E-state index in [0.717, 1.165) is 20.5 Å². The Kier molecular flexibility index (Phi) is 4.03. The fourth-order valence-corrected chi connectivity index (χ4v) is 3.41. The van der Waals surface area contributed by atoms with Gasteiger partial charge in [-0.3, -0.25) is 4.79 Å². The van der Waals surface area contributed by atoms with E-state index >= 15 is 0 Å². The summed E-state index contributed by atoms with van der Waals surface area (Å²) in [5, 5.41) is 0. The van der Waals surface area contributed by atoms with Crippen molar-refractivity contribution in [2.75, 3.05) is 0 Å². The van der Waals surface area contributed by atoms with Crippen molar-refractivity contribution in [3.05, 3.63) is 42.7 Å². The normalized spacial score (nSPS) is 10.6. The van der Waals surface area contributed by atoms with E-state index in [4.69, 9.17) is 23.2 Å². The number of aryl methyl sites for hydroxylation is 1. The van der Waals surface area contributed by atoms with Gasteiger partial charge in [-0.25, -0.2) is 0 Å². The molecule has 0 spiro atoms. The van der Waals surface area contributed by atoms with Gasteiger partial charge in [-0.05, 0) is 30.7 Å². The van der Waals surface area contributed by atoms with Crippen LogP contribution in [0.1, 0.15) is 21.0 Å². The molecule has 0 aliphatic heterocycles. The molecule has 0 aromatic carbocycles. The summed E-state index contributed by atoms with van der Waals surface area (Å²) in [6.45, 7) is 0. The van der Waals surface area contributed by atoms with E-state index in [1.165, 1.54) is 22.7 Å². The molecule has 0 saturated carbocycles. The average Bonchev–Trinajstić information content (AvgIpc) is 2.84. The number of rotatable bonds is 4. The van der Waals surface area contributed by atoms with Crippen molar-refractivity contribution in [1.82, 2.24) is 0 Å². The molecule has 0 N–H and O–H groups in total. The van der Waals surface area contributed by atoms with Gasteiger partial charge in [0.05, 0.1) is 13.5 Å². The molecule has 0 unspecified atom stereocenters. The third-order valence-electron chi connectivity index (χ3n) is 2.08. The highest BCUT2D eigenvalue weighted by molar-refractivity contribution is 7.18. The van der Waals surface area contributed by atoms with Crippen LogP contribution in [-0.2, 0) is 6.42 Å². The Morgan fingerprint density at radius 1 is 1.06 bits per heavy atom. The second kappa shape index (κ2) is 5.32. The second-order valence-corrected chi connectivity index (χ2v) is 6.75. The first-order chi connectivity index (χ1) is 7.65. The zero-order valence-corrected chi connectivity index (χ0v) is 11.3. The van der Waals surface area contributed by atoms with E-state index in [-0.39, 0.29) is 5.78 Å². The molecule has 0 radical (unpaired) electrons. The van der Waals surface area contributed by atoms with Crippen LogP contribution in [0.15, 0.2) is 24.3 Å². The average molecular weight is 291 g/mol. The maximum atomic E-state index is 11.8. The Bertz CT molecular complexity index is 502. The van der Waals surface area contributed by atoms with E-state index in [2.05, 4.69) is 0 Å². The van der Waals surface area contributed by atoms with Gasteiger partial charge in [-0.15, -0.1) is 22.7 Å². The maximum absolute atomic E-state index is 11.8. The Morgan fingerprint density at radius 2 is 1.75 bits per heavy atom. The molecule has 2 aromatic heterocycles. The summed E-state index contributed by atoms with van der Waals surface area (Å²) in [5.74, 6) is 0.140. The van der Waals surface area contributed by atoms with Crippen molar-refractivity contribution in [2.45, 2.75) is 12.8 Å². The first-order valence-electron chi connectivity index (χ1n) is 4.68. The lowest BCUT2D eigenvalue weighted by molar-refractivity contribution is 0.0987. The molecular weight excluding hydrogens is 283 g/mol. The number of ketones is 1. The number of carbonyl (C=O) groups excluding carboxylic acids is 1. The smallest absolute Gasteiger partial charge is 0.173 e. The number of Topliss-reactive ketones (excluding diaryl/α,β-unsaturated/α-hetero) is 1. The number of hydrogen-bond donors (Lipinski definition) is 0. The lowest BCUT2D eigenvalue weighted by atomic mass is 10.2. The van der Waals surface area contributed by atoms with Crippen LogP contribution < -0.4 is 0 Å². The molecule has 0 saturated heterocycles. The van der Waals surface area contributed by atoms with E-state index in [9.17, 15) is 4.79 Å². The molecule has 5 heteroatoms. The maximum Gasteiger partial charge on any atom is 0.173 e. The summed E-state index contributed by atoms with van der Waals surface area (Å²) in [7, 11) is 0. The molecule has 2 aromatic rings. The molecule has 0 amide bonds.